The van der Waals surface area contributed by atoms with E-state index in [4.69, 9.17) is 9.84 Å². The van der Waals surface area contributed by atoms with Crippen LogP contribution in [0.2, 0.25) is 0 Å². The fourth-order valence-corrected chi connectivity index (χ4v) is 5.36. The lowest BCUT2D eigenvalue weighted by atomic mass is 10.1. The number of aliphatic hydroxyl groups is 1. The molecular weight excluding hydrogens is 506 g/mol. The fraction of sp³-hybridized carbons (Fsp3) is 0.609. The number of ether oxygens (including phenoxy) is 2. The molecule has 2 aromatic rings. The molecule has 0 bridgehead atoms. The summed E-state index contributed by atoms with van der Waals surface area (Å²) in [4.78, 5) is 39.4. The van der Waals surface area contributed by atoms with Gasteiger partial charge in [0.05, 0.1) is 36.8 Å². The molecule has 2 aliphatic rings. The maximum atomic E-state index is 13.0. The summed E-state index contributed by atoms with van der Waals surface area (Å²) in [5, 5.41) is 22.1. The number of methoxy groups -OCH3 is 1. The molecule has 0 aromatic carbocycles. The number of aliphatic hydroxyl groups excluding tert-OH is 1. The molecule has 0 radical (unpaired) electrons. The van der Waals surface area contributed by atoms with Gasteiger partial charge in [-0.15, -0.1) is 21.5 Å². The van der Waals surface area contributed by atoms with Crippen LogP contribution >= 0.6 is 23.1 Å². The Kier molecular flexibility index (Phi) is 10.7. The number of hydrogen-bond donors (Lipinski definition) is 2. The van der Waals surface area contributed by atoms with Crippen LogP contribution in [0.3, 0.4) is 0 Å². The van der Waals surface area contributed by atoms with E-state index >= 15 is 0 Å². The summed E-state index contributed by atoms with van der Waals surface area (Å²) >= 11 is 2.86. The second-order valence-corrected chi connectivity index (χ2v) is 10.5. The summed E-state index contributed by atoms with van der Waals surface area (Å²) in [7, 11) is 1.26. The molecular formula is C23H33N5O6S2. The van der Waals surface area contributed by atoms with Gasteiger partial charge in [-0.25, -0.2) is 0 Å². The van der Waals surface area contributed by atoms with Crippen LogP contribution < -0.4 is 5.32 Å². The van der Waals surface area contributed by atoms with Gasteiger partial charge in [0.25, 0.3) is 0 Å². The number of rotatable bonds is 8. The van der Waals surface area contributed by atoms with Gasteiger partial charge in [-0.2, -0.15) is 0 Å². The third kappa shape index (κ3) is 7.76. The molecule has 13 heteroatoms. The van der Waals surface area contributed by atoms with Crippen LogP contribution in [0.25, 0.3) is 10.7 Å². The van der Waals surface area contributed by atoms with Crippen molar-refractivity contribution in [2.45, 2.75) is 63.1 Å². The lowest BCUT2D eigenvalue weighted by Crippen LogP contribution is -2.58. The van der Waals surface area contributed by atoms with E-state index in [-0.39, 0.29) is 36.2 Å². The first-order valence-electron chi connectivity index (χ1n) is 11.8. The number of carbonyl (C=O) groups excluding carboxylic acids is 3. The molecule has 2 atom stereocenters. The third-order valence-corrected chi connectivity index (χ3v) is 7.25. The zero-order chi connectivity index (χ0) is 26.1. The van der Waals surface area contributed by atoms with Gasteiger partial charge in [-0.05, 0) is 38.1 Å². The molecule has 36 heavy (non-hydrogen) atoms. The zero-order valence-electron chi connectivity index (χ0n) is 20.7. The molecule has 4 rings (SSSR count). The summed E-state index contributed by atoms with van der Waals surface area (Å²) in [5.41, 5.74) is 0. The summed E-state index contributed by atoms with van der Waals surface area (Å²) in [6.07, 6.45) is 1.76. The van der Waals surface area contributed by atoms with Crippen LogP contribution in [0.1, 0.15) is 33.1 Å². The summed E-state index contributed by atoms with van der Waals surface area (Å²) < 4.78 is 12.5. The predicted molar refractivity (Wildman–Crippen MR) is 136 cm³/mol. The minimum atomic E-state index is -0.865. The van der Waals surface area contributed by atoms with Crippen LogP contribution in [0.4, 0.5) is 0 Å². The van der Waals surface area contributed by atoms with Crippen molar-refractivity contribution in [2.75, 3.05) is 32.6 Å². The standard InChI is InChI=1S/C20H25N5O5S2.C3H8O/c1-29-17(27)10-14-19(28)21-6-7-24(14)16(26)12-32-20-23-22-18(15-5-3-9-31-15)25(20)11-13-4-2-8-30-13;1-3(2)4/h3,5,9,13-14H,2,4,6-8,10-12H2,1H3,(H,21,28);3-4H,1-2H3. The van der Waals surface area contributed by atoms with Crippen LogP contribution in [0.5, 0.6) is 0 Å². The number of thiophene rings is 1. The molecule has 0 aliphatic carbocycles. The number of hydrogen-bond acceptors (Lipinski definition) is 10. The molecule has 198 valence electrons. The van der Waals surface area contributed by atoms with E-state index in [2.05, 4.69) is 20.3 Å². The highest BCUT2D eigenvalue weighted by atomic mass is 32.2. The van der Waals surface area contributed by atoms with Gasteiger partial charge in [0.2, 0.25) is 11.8 Å². The van der Waals surface area contributed by atoms with Crippen LogP contribution in [0.15, 0.2) is 22.7 Å². The predicted octanol–water partition coefficient (Wildman–Crippen LogP) is 1.55. The molecule has 2 N–H and O–H groups in total. The number of piperazine rings is 1. The monoisotopic (exact) mass is 539 g/mol. The van der Waals surface area contributed by atoms with Crippen molar-refractivity contribution in [1.29, 1.82) is 0 Å². The Morgan fingerprint density at radius 1 is 1.39 bits per heavy atom. The Morgan fingerprint density at radius 2 is 2.17 bits per heavy atom. The average Bonchev–Trinajstić information content (AvgIpc) is 3.61. The number of nitrogens with one attached hydrogen (secondary N) is 1. The van der Waals surface area contributed by atoms with Gasteiger partial charge in [0.1, 0.15) is 6.04 Å². The number of esters is 1. The summed E-state index contributed by atoms with van der Waals surface area (Å²) in [6.45, 7) is 5.51. The van der Waals surface area contributed by atoms with Gasteiger partial charge >= 0.3 is 5.97 Å². The first-order valence-corrected chi connectivity index (χ1v) is 13.7. The van der Waals surface area contributed by atoms with Gasteiger partial charge in [0, 0.05) is 25.8 Å². The van der Waals surface area contributed by atoms with Gasteiger partial charge in [-0.3, -0.25) is 19.0 Å². The van der Waals surface area contributed by atoms with Crippen molar-refractivity contribution in [3.8, 4) is 10.7 Å². The number of aromatic nitrogens is 3. The molecule has 4 heterocycles. The molecule has 0 saturated carbocycles. The molecule has 2 saturated heterocycles. The first-order chi connectivity index (χ1) is 17.3. The van der Waals surface area contributed by atoms with Crippen molar-refractivity contribution in [3.63, 3.8) is 0 Å². The van der Waals surface area contributed by atoms with Crippen LogP contribution in [0, 0.1) is 0 Å². The minimum Gasteiger partial charge on any atom is -0.469 e. The lowest BCUT2D eigenvalue weighted by Gasteiger charge is -2.34. The van der Waals surface area contributed by atoms with E-state index < -0.39 is 12.0 Å². The number of thioether (sulfide) groups is 1. The third-order valence-electron chi connectivity index (χ3n) is 5.43. The molecule has 2 amide bonds. The van der Waals surface area contributed by atoms with Gasteiger partial charge < -0.3 is 24.8 Å². The van der Waals surface area contributed by atoms with Crippen molar-refractivity contribution >= 4 is 40.9 Å². The highest BCUT2D eigenvalue weighted by molar-refractivity contribution is 7.99. The number of carbonyl (C=O) groups is 3. The maximum absolute atomic E-state index is 13.0. The van der Waals surface area contributed by atoms with Crippen molar-refractivity contribution in [2.24, 2.45) is 0 Å². The topological polar surface area (TPSA) is 136 Å². The quantitative estimate of drug-likeness (QED) is 0.378. The molecule has 11 nitrogen and oxygen atoms in total. The fourth-order valence-electron chi connectivity index (χ4n) is 3.81. The SMILES string of the molecule is CC(C)O.COC(=O)CC1C(=O)NCCN1C(=O)CSc1nnc(-c2cccs2)n1CC1CCCO1. The van der Waals surface area contributed by atoms with Crippen molar-refractivity contribution in [1.82, 2.24) is 25.0 Å². The Morgan fingerprint density at radius 3 is 2.81 bits per heavy atom. The number of amides is 2. The largest absolute Gasteiger partial charge is 0.469 e. The Hall–Kier alpha value is -2.48. The average molecular weight is 540 g/mol. The molecule has 2 aliphatic heterocycles. The minimum absolute atomic E-state index is 0.0824. The van der Waals surface area contributed by atoms with Gasteiger partial charge in [0.15, 0.2) is 11.0 Å². The smallest absolute Gasteiger partial charge is 0.308 e. The van der Waals surface area contributed by atoms with E-state index in [0.717, 1.165) is 30.2 Å². The lowest BCUT2D eigenvalue weighted by molar-refractivity contribution is -0.149. The molecule has 0 spiro atoms. The molecule has 2 unspecified atom stereocenters. The highest BCUT2D eigenvalue weighted by Gasteiger charge is 2.35. The first kappa shape index (κ1) is 28.1. The van der Waals surface area contributed by atoms with Gasteiger partial charge in [-0.1, -0.05) is 17.8 Å². The molecule has 2 aromatic heterocycles. The second kappa shape index (κ2) is 13.7. The van der Waals surface area contributed by atoms with E-state index in [1.807, 2.05) is 22.1 Å². The summed E-state index contributed by atoms with van der Waals surface area (Å²) in [5.74, 6) is -0.274. The highest BCUT2D eigenvalue weighted by Crippen LogP contribution is 2.29. The van der Waals surface area contributed by atoms with Crippen molar-refractivity contribution < 1.29 is 29.0 Å². The Bertz CT molecular complexity index is 1000. The van der Waals surface area contributed by atoms with E-state index in [9.17, 15) is 14.4 Å². The Labute approximate surface area is 218 Å². The van der Waals surface area contributed by atoms with Crippen LogP contribution in [-0.2, 0) is 30.4 Å². The normalized spacial score (nSPS) is 19.6. The second-order valence-electron chi connectivity index (χ2n) is 8.59. The van der Waals surface area contributed by atoms with Crippen molar-refractivity contribution in [3.05, 3.63) is 17.5 Å². The maximum Gasteiger partial charge on any atom is 0.308 e. The van der Waals surface area contributed by atoms with Crippen LogP contribution in [-0.4, -0.2) is 93.4 Å². The Balaban J connectivity index is 0.000000840. The molecule has 2 fully saturated rings. The van der Waals surface area contributed by atoms with E-state index in [1.165, 1.54) is 23.8 Å². The van der Waals surface area contributed by atoms with E-state index in [0.29, 0.717) is 24.8 Å². The number of nitrogens with zero attached hydrogens (tertiary/aromatic N) is 4. The summed E-state index contributed by atoms with van der Waals surface area (Å²) in [6, 6.07) is 3.09. The zero-order valence-corrected chi connectivity index (χ0v) is 22.3. The van der Waals surface area contributed by atoms with E-state index in [1.54, 1.807) is 25.2 Å².